The van der Waals surface area contributed by atoms with E-state index in [1.165, 1.54) is 12.1 Å². The van der Waals surface area contributed by atoms with Crippen LogP contribution in [0.2, 0.25) is 0 Å². The Hall–Kier alpha value is -1.22. The van der Waals surface area contributed by atoms with Crippen LogP contribution in [0.3, 0.4) is 0 Å². The first-order chi connectivity index (χ1) is 7.00. The molecule has 1 aromatic carbocycles. The third kappa shape index (κ3) is 3.44. The summed E-state index contributed by atoms with van der Waals surface area (Å²) in [6, 6.07) is 6.11. The first-order valence-corrected chi connectivity index (χ1v) is 4.99. The standard InChI is InChI=1S/C12H16FNO/c1-9(2)14(3)8-12(15)10-5-4-6-11(13)7-10/h4-7,9H,8H2,1-3H3. The molecule has 0 heterocycles. The molecule has 0 saturated carbocycles. The van der Waals surface area contributed by atoms with Crippen LogP contribution in [0.1, 0.15) is 24.2 Å². The van der Waals surface area contributed by atoms with Gasteiger partial charge in [-0.15, -0.1) is 0 Å². The van der Waals surface area contributed by atoms with Gasteiger partial charge in [-0.3, -0.25) is 9.69 Å². The molecule has 1 rings (SSSR count). The molecule has 0 saturated heterocycles. The number of likely N-dealkylation sites (N-methyl/N-ethyl adjacent to an activating group) is 1. The molecule has 15 heavy (non-hydrogen) atoms. The second-order valence-electron chi connectivity index (χ2n) is 3.94. The molecular formula is C12H16FNO. The van der Waals surface area contributed by atoms with Gasteiger partial charge >= 0.3 is 0 Å². The molecular weight excluding hydrogens is 193 g/mol. The normalized spacial score (nSPS) is 11.1. The summed E-state index contributed by atoms with van der Waals surface area (Å²) >= 11 is 0. The minimum atomic E-state index is -0.368. The molecule has 0 N–H and O–H groups in total. The maximum atomic E-state index is 12.9. The fourth-order valence-corrected chi connectivity index (χ4v) is 1.16. The molecule has 1 aromatic rings. The highest BCUT2D eigenvalue weighted by molar-refractivity contribution is 5.97. The third-order valence-corrected chi connectivity index (χ3v) is 2.42. The van der Waals surface area contributed by atoms with Crippen LogP contribution < -0.4 is 0 Å². The maximum Gasteiger partial charge on any atom is 0.176 e. The topological polar surface area (TPSA) is 20.3 Å². The van der Waals surface area contributed by atoms with Gasteiger partial charge in [0.2, 0.25) is 0 Å². The summed E-state index contributed by atoms with van der Waals surface area (Å²) in [6.45, 7) is 4.35. The summed E-state index contributed by atoms with van der Waals surface area (Å²) in [5.74, 6) is -0.418. The van der Waals surface area contributed by atoms with Gasteiger partial charge in [-0.1, -0.05) is 12.1 Å². The quantitative estimate of drug-likeness (QED) is 0.709. The lowest BCUT2D eigenvalue weighted by molar-refractivity contribution is 0.0929. The van der Waals surface area contributed by atoms with Crippen LogP contribution >= 0.6 is 0 Å². The molecule has 0 aliphatic rings. The zero-order valence-corrected chi connectivity index (χ0v) is 9.33. The molecule has 0 bridgehead atoms. The van der Waals surface area contributed by atoms with Crippen molar-refractivity contribution in [2.24, 2.45) is 0 Å². The Bertz CT molecular complexity index is 349. The van der Waals surface area contributed by atoms with E-state index in [9.17, 15) is 9.18 Å². The number of carbonyl (C=O) groups excluding carboxylic acids is 1. The lowest BCUT2D eigenvalue weighted by atomic mass is 10.1. The predicted octanol–water partition coefficient (Wildman–Crippen LogP) is 2.35. The predicted molar refractivity (Wildman–Crippen MR) is 58.5 cm³/mol. The van der Waals surface area contributed by atoms with Crippen LogP contribution in [0.15, 0.2) is 24.3 Å². The number of carbonyl (C=O) groups is 1. The molecule has 0 radical (unpaired) electrons. The van der Waals surface area contributed by atoms with Gasteiger partial charge in [-0.2, -0.15) is 0 Å². The Kier molecular flexibility index (Phi) is 3.97. The summed E-state index contributed by atoms with van der Waals surface area (Å²) in [5.41, 5.74) is 0.433. The van der Waals surface area contributed by atoms with Crippen LogP contribution in [0.4, 0.5) is 4.39 Å². The highest BCUT2D eigenvalue weighted by Crippen LogP contribution is 2.06. The summed E-state index contributed by atoms with van der Waals surface area (Å²) in [7, 11) is 1.88. The van der Waals surface area contributed by atoms with Gasteiger partial charge in [-0.05, 0) is 33.0 Å². The molecule has 0 atom stereocenters. The van der Waals surface area contributed by atoms with E-state index in [0.29, 0.717) is 18.2 Å². The van der Waals surface area contributed by atoms with Gasteiger partial charge in [0.05, 0.1) is 6.54 Å². The third-order valence-electron chi connectivity index (χ3n) is 2.42. The minimum absolute atomic E-state index is 0.0503. The Morgan fingerprint density at radius 2 is 2.13 bits per heavy atom. The average molecular weight is 209 g/mol. The van der Waals surface area contributed by atoms with E-state index in [0.717, 1.165) is 0 Å². The van der Waals surface area contributed by atoms with Gasteiger partial charge in [0.25, 0.3) is 0 Å². The van der Waals surface area contributed by atoms with E-state index in [1.807, 2.05) is 25.8 Å². The molecule has 0 aliphatic heterocycles. The van der Waals surface area contributed by atoms with Crippen molar-refractivity contribution in [3.63, 3.8) is 0 Å². The molecule has 0 aliphatic carbocycles. The van der Waals surface area contributed by atoms with Crippen LogP contribution in [-0.4, -0.2) is 30.3 Å². The number of nitrogens with zero attached hydrogens (tertiary/aromatic N) is 1. The van der Waals surface area contributed by atoms with Crippen molar-refractivity contribution in [1.82, 2.24) is 4.90 Å². The molecule has 0 fully saturated rings. The summed E-state index contributed by atoms with van der Waals surface area (Å²) in [5, 5.41) is 0. The zero-order chi connectivity index (χ0) is 11.4. The number of Topliss-reactive ketones (excluding diaryl/α,β-unsaturated/α-hetero) is 1. The Balaban J connectivity index is 2.69. The minimum Gasteiger partial charge on any atom is -0.296 e. The fourth-order valence-electron chi connectivity index (χ4n) is 1.16. The lowest BCUT2D eigenvalue weighted by Crippen LogP contribution is -2.31. The van der Waals surface area contributed by atoms with Crippen LogP contribution in [0, 0.1) is 5.82 Å². The van der Waals surface area contributed by atoms with E-state index in [4.69, 9.17) is 0 Å². The van der Waals surface area contributed by atoms with Crippen molar-refractivity contribution in [2.45, 2.75) is 19.9 Å². The largest absolute Gasteiger partial charge is 0.296 e. The van der Waals surface area contributed by atoms with Crippen LogP contribution in [-0.2, 0) is 0 Å². The smallest absolute Gasteiger partial charge is 0.176 e. The molecule has 0 spiro atoms. The highest BCUT2D eigenvalue weighted by Gasteiger charge is 2.11. The number of hydrogen-bond acceptors (Lipinski definition) is 2. The van der Waals surface area contributed by atoms with Gasteiger partial charge in [0.1, 0.15) is 5.82 Å². The van der Waals surface area contributed by atoms with Crippen molar-refractivity contribution < 1.29 is 9.18 Å². The number of halogens is 1. The highest BCUT2D eigenvalue weighted by atomic mass is 19.1. The molecule has 0 amide bonds. The van der Waals surface area contributed by atoms with Gasteiger partial charge < -0.3 is 0 Å². The summed E-state index contributed by atoms with van der Waals surface area (Å²) in [6.07, 6.45) is 0. The van der Waals surface area contributed by atoms with Crippen molar-refractivity contribution in [1.29, 1.82) is 0 Å². The van der Waals surface area contributed by atoms with Gasteiger partial charge in [0.15, 0.2) is 5.78 Å². The van der Waals surface area contributed by atoms with E-state index in [-0.39, 0.29) is 11.6 Å². The SMILES string of the molecule is CC(C)N(C)CC(=O)c1cccc(F)c1. The Morgan fingerprint density at radius 3 is 2.67 bits per heavy atom. The van der Waals surface area contributed by atoms with Crippen LogP contribution in [0.5, 0.6) is 0 Å². The number of benzene rings is 1. The number of rotatable bonds is 4. The summed E-state index contributed by atoms with van der Waals surface area (Å²) < 4.78 is 12.9. The second-order valence-corrected chi connectivity index (χ2v) is 3.94. The molecule has 2 nitrogen and oxygen atoms in total. The monoisotopic (exact) mass is 209 g/mol. The Morgan fingerprint density at radius 1 is 1.47 bits per heavy atom. The molecule has 0 aromatic heterocycles. The first-order valence-electron chi connectivity index (χ1n) is 4.99. The fraction of sp³-hybridized carbons (Fsp3) is 0.417. The summed E-state index contributed by atoms with van der Waals surface area (Å²) in [4.78, 5) is 13.6. The Labute approximate surface area is 89.7 Å². The number of ketones is 1. The van der Waals surface area contributed by atoms with Crippen molar-refractivity contribution >= 4 is 5.78 Å². The van der Waals surface area contributed by atoms with Crippen LogP contribution in [0.25, 0.3) is 0 Å². The van der Waals surface area contributed by atoms with E-state index in [2.05, 4.69) is 0 Å². The van der Waals surface area contributed by atoms with Gasteiger partial charge in [0, 0.05) is 11.6 Å². The van der Waals surface area contributed by atoms with Gasteiger partial charge in [-0.25, -0.2) is 4.39 Å². The molecule has 0 unspecified atom stereocenters. The average Bonchev–Trinajstić information content (AvgIpc) is 2.17. The zero-order valence-electron chi connectivity index (χ0n) is 9.33. The van der Waals surface area contributed by atoms with Crippen molar-refractivity contribution in [3.05, 3.63) is 35.6 Å². The second kappa shape index (κ2) is 5.03. The van der Waals surface area contributed by atoms with Crippen molar-refractivity contribution in [2.75, 3.05) is 13.6 Å². The van der Waals surface area contributed by atoms with E-state index in [1.54, 1.807) is 12.1 Å². The van der Waals surface area contributed by atoms with Crippen molar-refractivity contribution in [3.8, 4) is 0 Å². The molecule has 82 valence electrons. The molecule has 3 heteroatoms. The maximum absolute atomic E-state index is 12.9. The first kappa shape index (κ1) is 11.9. The lowest BCUT2D eigenvalue weighted by Gasteiger charge is -2.19. The number of hydrogen-bond donors (Lipinski definition) is 0. The van der Waals surface area contributed by atoms with E-state index >= 15 is 0 Å². The van der Waals surface area contributed by atoms with E-state index < -0.39 is 0 Å².